The molecule has 2 unspecified atom stereocenters. The highest BCUT2D eigenvalue weighted by Gasteiger charge is 2.38. The van der Waals surface area contributed by atoms with Crippen molar-refractivity contribution in [3.05, 3.63) is 0 Å². The van der Waals surface area contributed by atoms with Crippen LogP contribution in [0.25, 0.3) is 0 Å². The lowest BCUT2D eigenvalue weighted by molar-refractivity contribution is -0.127. The molecule has 1 fully saturated rings. The molecule has 0 bridgehead atoms. The van der Waals surface area contributed by atoms with Crippen molar-refractivity contribution in [2.24, 2.45) is 17.6 Å². The number of likely N-dealkylation sites (tertiary alicyclic amines) is 1. The van der Waals surface area contributed by atoms with Crippen molar-refractivity contribution in [3.63, 3.8) is 0 Å². The summed E-state index contributed by atoms with van der Waals surface area (Å²) in [5.41, 5.74) is 5.33. The van der Waals surface area contributed by atoms with Gasteiger partial charge >= 0.3 is 5.96 Å². The van der Waals surface area contributed by atoms with Crippen LogP contribution in [0.2, 0.25) is 0 Å². The van der Waals surface area contributed by atoms with Crippen LogP contribution in [0.3, 0.4) is 0 Å². The molecule has 4 heteroatoms. The number of piperidine rings is 1. The van der Waals surface area contributed by atoms with Crippen LogP contribution in [0.15, 0.2) is 0 Å². The highest BCUT2D eigenvalue weighted by atomic mass is 16.1. The lowest BCUT2D eigenvalue weighted by atomic mass is 9.90. The van der Waals surface area contributed by atoms with Crippen LogP contribution in [0.1, 0.15) is 13.8 Å². The monoisotopic (exact) mass is 169 g/mol. The van der Waals surface area contributed by atoms with Gasteiger partial charge in [-0.2, -0.15) is 0 Å². The van der Waals surface area contributed by atoms with Crippen molar-refractivity contribution in [1.29, 1.82) is 5.41 Å². The van der Waals surface area contributed by atoms with Crippen LogP contribution in [-0.2, 0) is 4.79 Å². The van der Waals surface area contributed by atoms with E-state index in [2.05, 4.69) is 0 Å². The van der Waals surface area contributed by atoms with E-state index < -0.39 is 0 Å². The molecule has 1 aliphatic rings. The summed E-state index contributed by atoms with van der Waals surface area (Å²) >= 11 is 0. The fraction of sp³-hybridized carbons (Fsp3) is 0.750. The molecular formula is C8H15N3O+. The summed E-state index contributed by atoms with van der Waals surface area (Å²) in [4.78, 5) is 13.1. The van der Waals surface area contributed by atoms with Gasteiger partial charge in [0.15, 0.2) is 0 Å². The first-order valence-electron chi connectivity index (χ1n) is 4.15. The van der Waals surface area contributed by atoms with Crippen molar-refractivity contribution in [2.75, 3.05) is 13.1 Å². The van der Waals surface area contributed by atoms with E-state index in [-0.39, 0.29) is 23.6 Å². The van der Waals surface area contributed by atoms with E-state index in [1.807, 2.05) is 13.8 Å². The normalized spacial score (nSPS) is 32.0. The number of nitrogens with zero attached hydrogens (tertiary/aromatic N) is 1. The van der Waals surface area contributed by atoms with Crippen molar-refractivity contribution < 1.29 is 4.79 Å². The Morgan fingerprint density at radius 1 is 1.50 bits per heavy atom. The third-order valence-corrected chi connectivity index (χ3v) is 2.30. The van der Waals surface area contributed by atoms with Crippen LogP contribution in [0.4, 0.5) is 0 Å². The van der Waals surface area contributed by atoms with Gasteiger partial charge in [-0.15, -0.1) is 4.90 Å². The SMILES string of the molecule is CC1C[N+](C(=N)N)CC(C)C1=O. The van der Waals surface area contributed by atoms with Gasteiger partial charge in [0.25, 0.3) is 0 Å². The molecule has 0 spiro atoms. The average molecular weight is 169 g/mol. The number of carbonyl (C=O) groups excluding carboxylic acids is 1. The quantitative estimate of drug-likeness (QED) is 0.301. The van der Waals surface area contributed by atoms with E-state index in [0.29, 0.717) is 13.1 Å². The Hall–Kier alpha value is -0.900. The molecule has 0 aromatic heterocycles. The fourth-order valence-corrected chi connectivity index (χ4v) is 1.60. The molecule has 1 aliphatic heterocycles. The lowest BCUT2D eigenvalue weighted by Gasteiger charge is -2.23. The molecule has 1 rings (SSSR count). The number of rotatable bonds is 0. The minimum absolute atomic E-state index is 0.0117. The molecule has 4 nitrogen and oxygen atoms in total. The summed E-state index contributed by atoms with van der Waals surface area (Å²) in [5, 5.41) is 7.23. The minimum Gasteiger partial charge on any atom is -0.334 e. The zero-order valence-corrected chi connectivity index (χ0v) is 7.50. The van der Waals surface area contributed by atoms with E-state index in [1.54, 1.807) is 4.90 Å². The van der Waals surface area contributed by atoms with Crippen molar-refractivity contribution in [1.82, 2.24) is 4.90 Å². The first-order valence-corrected chi connectivity index (χ1v) is 4.15. The molecule has 67 valence electrons. The van der Waals surface area contributed by atoms with Crippen molar-refractivity contribution in [3.8, 4) is 0 Å². The van der Waals surface area contributed by atoms with Gasteiger partial charge in [0.1, 0.15) is 18.9 Å². The van der Waals surface area contributed by atoms with Crippen molar-refractivity contribution in [2.45, 2.75) is 13.8 Å². The van der Waals surface area contributed by atoms with E-state index in [0.717, 1.165) is 0 Å². The second-order valence-corrected chi connectivity index (χ2v) is 3.49. The second-order valence-electron chi connectivity index (χ2n) is 3.49. The number of guanidine groups is 1. The van der Waals surface area contributed by atoms with Gasteiger partial charge in [0, 0.05) is 0 Å². The molecule has 0 aromatic rings. The summed E-state index contributed by atoms with van der Waals surface area (Å²) in [7, 11) is 0. The molecule has 0 saturated carbocycles. The molecule has 12 heavy (non-hydrogen) atoms. The molecular weight excluding hydrogens is 154 g/mol. The Kier molecular flexibility index (Phi) is 2.47. The zero-order chi connectivity index (χ0) is 9.30. The van der Waals surface area contributed by atoms with Crippen LogP contribution in [-0.4, -0.2) is 24.8 Å². The summed E-state index contributed by atoms with van der Waals surface area (Å²) in [6.45, 7) is 4.96. The maximum Gasteiger partial charge on any atom is 0.341 e. The van der Waals surface area contributed by atoms with Crippen molar-refractivity contribution >= 4 is 11.7 Å². The number of hydrogen-bond acceptors (Lipinski definition) is 2. The zero-order valence-electron chi connectivity index (χ0n) is 7.50. The Morgan fingerprint density at radius 2 is 1.92 bits per heavy atom. The number of nitrogens with one attached hydrogen (secondary N) is 1. The Bertz CT molecular complexity index is 200. The summed E-state index contributed by atoms with van der Waals surface area (Å²) < 4.78 is 0. The van der Waals surface area contributed by atoms with E-state index in [4.69, 9.17) is 11.1 Å². The van der Waals surface area contributed by atoms with E-state index in [9.17, 15) is 4.79 Å². The van der Waals surface area contributed by atoms with Gasteiger partial charge in [0.05, 0.1) is 11.8 Å². The molecule has 3 N–H and O–H groups in total. The number of carbonyl (C=O) groups is 1. The number of ketones is 1. The molecule has 1 radical (unpaired) electrons. The highest BCUT2D eigenvalue weighted by molar-refractivity contribution is 5.87. The van der Waals surface area contributed by atoms with Crippen LogP contribution in [0.5, 0.6) is 0 Å². The van der Waals surface area contributed by atoms with Crippen LogP contribution < -0.4 is 10.6 Å². The Balaban J connectivity index is 2.65. The van der Waals surface area contributed by atoms with Gasteiger partial charge in [-0.05, 0) is 13.8 Å². The van der Waals surface area contributed by atoms with Gasteiger partial charge < -0.3 is 5.73 Å². The molecule has 1 saturated heterocycles. The van der Waals surface area contributed by atoms with Crippen LogP contribution in [0, 0.1) is 17.2 Å². The largest absolute Gasteiger partial charge is 0.341 e. The maximum absolute atomic E-state index is 11.4. The molecule has 2 atom stereocenters. The fourth-order valence-electron chi connectivity index (χ4n) is 1.60. The lowest BCUT2D eigenvalue weighted by Crippen LogP contribution is -2.53. The molecule has 1 heterocycles. The van der Waals surface area contributed by atoms with Gasteiger partial charge in [0.2, 0.25) is 0 Å². The smallest absolute Gasteiger partial charge is 0.334 e. The third-order valence-electron chi connectivity index (χ3n) is 2.30. The first kappa shape index (κ1) is 9.19. The Labute approximate surface area is 72.2 Å². The average Bonchev–Trinajstić information content (AvgIpc) is 1.99. The summed E-state index contributed by atoms with van der Waals surface area (Å²) in [5.74, 6) is 0.379. The van der Waals surface area contributed by atoms with Gasteiger partial charge in [-0.1, -0.05) is 0 Å². The van der Waals surface area contributed by atoms with Gasteiger partial charge in [-0.3, -0.25) is 4.79 Å². The Morgan fingerprint density at radius 3 is 2.25 bits per heavy atom. The predicted octanol–water partition coefficient (Wildman–Crippen LogP) is -0.125. The van der Waals surface area contributed by atoms with Gasteiger partial charge in [-0.25, -0.2) is 5.41 Å². The highest BCUT2D eigenvalue weighted by Crippen LogP contribution is 2.14. The number of Topliss-reactive ketones (excluding diaryl/α,β-unsaturated/α-hetero) is 1. The standard InChI is InChI=1S/C8H15N3O/c1-5-3-11(8(9)10)4-6(2)7(5)12/h5-6H,3-4H2,1-2H3,(H3,9,10)/q+1. The molecule has 0 amide bonds. The summed E-state index contributed by atoms with van der Waals surface area (Å²) in [6.07, 6.45) is 0. The second kappa shape index (κ2) is 3.23. The van der Waals surface area contributed by atoms with E-state index >= 15 is 0 Å². The third kappa shape index (κ3) is 1.64. The number of hydrogen-bond donors (Lipinski definition) is 2. The maximum atomic E-state index is 11.4. The molecule has 0 aromatic carbocycles. The first-order chi connectivity index (χ1) is 5.52. The topological polar surface area (TPSA) is 72.8 Å². The van der Waals surface area contributed by atoms with Crippen LogP contribution >= 0.6 is 0 Å². The van der Waals surface area contributed by atoms with E-state index in [1.165, 1.54) is 0 Å². The minimum atomic E-state index is 0.0117. The molecule has 0 aliphatic carbocycles. The number of nitrogens with two attached hydrogens (primary N) is 1. The summed E-state index contributed by atoms with van der Waals surface area (Å²) in [6, 6.07) is 0. The predicted molar refractivity (Wildman–Crippen MR) is 47.1 cm³/mol.